The Labute approximate surface area is 114 Å². The van der Waals surface area contributed by atoms with Crippen LogP contribution in [0.4, 0.5) is 0 Å². The first kappa shape index (κ1) is 13.2. The zero-order valence-electron chi connectivity index (χ0n) is 7.88. The van der Waals surface area contributed by atoms with E-state index in [1.54, 1.807) is 12.3 Å². The van der Waals surface area contributed by atoms with E-state index in [0.717, 1.165) is 22.8 Å². The van der Waals surface area contributed by atoms with Gasteiger partial charge in [0.05, 0.1) is 4.47 Å². The second kappa shape index (κ2) is 6.66. The van der Waals surface area contributed by atoms with Gasteiger partial charge in [-0.2, -0.15) is 0 Å². The van der Waals surface area contributed by atoms with Crippen molar-refractivity contribution in [2.24, 2.45) is 4.99 Å². The van der Waals surface area contributed by atoms with E-state index in [-0.39, 0.29) is 5.75 Å². The maximum atomic E-state index is 9.71. The number of alkyl halides is 1. The molecule has 0 aliphatic carbocycles. The van der Waals surface area contributed by atoms with E-state index in [0.29, 0.717) is 10.0 Å². The normalized spacial score (nSPS) is 11.1. The van der Waals surface area contributed by atoms with Gasteiger partial charge in [0.25, 0.3) is 0 Å². The summed E-state index contributed by atoms with van der Waals surface area (Å²) in [5.74, 6) is 0.223. The second-order valence-electron chi connectivity index (χ2n) is 2.90. The van der Waals surface area contributed by atoms with E-state index >= 15 is 0 Å². The molecular formula is C10H10Br3NO. The number of phenolic OH excluding ortho intramolecular Hbond substituents is 1. The van der Waals surface area contributed by atoms with Gasteiger partial charge >= 0.3 is 0 Å². The maximum Gasteiger partial charge on any atom is 0.138 e. The first-order valence-electron chi connectivity index (χ1n) is 4.39. The largest absolute Gasteiger partial charge is 0.506 e. The molecule has 1 N–H and O–H groups in total. The monoisotopic (exact) mass is 397 g/mol. The summed E-state index contributed by atoms with van der Waals surface area (Å²) < 4.78 is 1.58. The van der Waals surface area contributed by atoms with Crippen molar-refractivity contribution in [1.82, 2.24) is 0 Å². The van der Waals surface area contributed by atoms with Crippen LogP contribution in [-0.2, 0) is 0 Å². The number of aromatic hydroxyl groups is 1. The lowest BCUT2D eigenvalue weighted by atomic mass is 10.2. The first-order valence-corrected chi connectivity index (χ1v) is 7.09. The summed E-state index contributed by atoms with van der Waals surface area (Å²) in [5.41, 5.74) is 0.714. The highest BCUT2D eigenvalue weighted by Crippen LogP contribution is 2.30. The molecule has 1 rings (SSSR count). The van der Waals surface area contributed by atoms with E-state index in [1.807, 2.05) is 6.07 Å². The van der Waals surface area contributed by atoms with Gasteiger partial charge < -0.3 is 5.11 Å². The number of hydrogen-bond acceptors (Lipinski definition) is 2. The lowest BCUT2D eigenvalue weighted by Gasteiger charge is -2.02. The van der Waals surface area contributed by atoms with E-state index in [4.69, 9.17) is 0 Å². The molecule has 0 amide bonds. The predicted octanol–water partition coefficient (Wildman–Crippen LogP) is 4.12. The maximum absolute atomic E-state index is 9.71. The molecular weight excluding hydrogens is 390 g/mol. The Kier molecular flexibility index (Phi) is 5.86. The summed E-state index contributed by atoms with van der Waals surface area (Å²) >= 11 is 9.97. The van der Waals surface area contributed by atoms with E-state index in [9.17, 15) is 5.11 Å². The van der Waals surface area contributed by atoms with Crippen LogP contribution in [0.5, 0.6) is 5.75 Å². The van der Waals surface area contributed by atoms with E-state index in [1.165, 1.54) is 0 Å². The number of halogens is 3. The Hall–Kier alpha value is 0.130. The van der Waals surface area contributed by atoms with Gasteiger partial charge in [-0.25, -0.2) is 0 Å². The van der Waals surface area contributed by atoms with Crippen LogP contribution in [0.15, 0.2) is 26.1 Å². The summed E-state index contributed by atoms with van der Waals surface area (Å²) in [5, 5.41) is 10.7. The molecule has 0 unspecified atom stereocenters. The number of aliphatic imine (C=N–C) groups is 1. The highest BCUT2D eigenvalue weighted by molar-refractivity contribution is 9.11. The molecule has 0 aromatic heterocycles. The highest BCUT2D eigenvalue weighted by Gasteiger charge is 2.04. The molecule has 2 nitrogen and oxygen atoms in total. The molecule has 5 heteroatoms. The van der Waals surface area contributed by atoms with Crippen molar-refractivity contribution < 1.29 is 5.11 Å². The molecule has 0 aliphatic rings. The molecule has 0 heterocycles. The van der Waals surface area contributed by atoms with Crippen molar-refractivity contribution in [3.63, 3.8) is 0 Å². The molecule has 0 saturated heterocycles. The van der Waals surface area contributed by atoms with Gasteiger partial charge in [-0.1, -0.05) is 31.9 Å². The Morgan fingerprint density at radius 1 is 1.33 bits per heavy atom. The molecule has 1 aromatic rings. The smallest absolute Gasteiger partial charge is 0.138 e. The Morgan fingerprint density at radius 3 is 2.73 bits per heavy atom. The van der Waals surface area contributed by atoms with Crippen molar-refractivity contribution in [1.29, 1.82) is 0 Å². The molecule has 82 valence electrons. The summed E-state index contributed by atoms with van der Waals surface area (Å²) in [7, 11) is 0. The average molecular weight is 400 g/mol. The molecule has 0 saturated carbocycles. The van der Waals surface area contributed by atoms with Gasteiger partial charge in [0.2, 0.25) is 0 Å². The third kappa shape index (κ3) is 4.25. The second-order valence-corrected chi connectivity index (χ2v) is 5.47. The fourth-order valence-electron chi connectivity index (χ4n) is 0.998. The minimum Gasteiger partial charge on any atom is -0.506 e. The zero-order chi connectivity index (χ0) is 11.3. The van der Waals surface area contributed by atoms with Crippen LogP contribution in [0.25, 0.3) is 0 Å². The summed E-state index contributed by atoms with van der Waals surface area (Å²) in [4.78, 5) is 4.22. The van der Waals surface area contributed by atoms with Crippen LogP contribution in [0.1, 0.15) is 12.0 Å². The molecule has 15 heavy (non-hydrogen) atoms. The molecule has 0 bridgehead atoms. The summed E-state index contributed by atoms with van der Waals surface area (Å²) in [6.07, 6.45) is 2.68. The van der Waals surface area contributed by atoms with Crippen LogP contribution in [0.2, 0.25) is 0 Å². The molecule has 0 aliphatic heterocycles. The van der Waals surface area contributed by atoms with Gasteiger partial charge in [-0.05, 0) is 34.5 Å². The number of benzene rings is 1. The third-order valence-corrected chi connectivity index (χ3v) is 3.33. The number of nitrogens with zero attached hydrogens (tertiary/aromatic N) is 1. The minimum atomic E-state index is 0.223. The van der Waals surface area contributed by atoms with Gasteiger partial charge in [0.1, 0.15) is 5.75 Å². The number of phenols is 1. The van der Waals surface area contributed by atoms with Gasteiger partial charge in [-0.3, -0.25) is 4.99 Å². The fourth-order valence-corrected chi connectivity index (χ4v) is 2.51. The van der Waals surface area contributed by atoms with Crippen LogP contribution < -0.4 is 0 Å². The zero-order valence-corrected chi connectivity index (χ0v) is 12.6. The Morgan fingerprint density at radius 2 is 2.07 bits per heavy atom. The first-order chi connectivity index (χ1) is 7.15. The molecule has 0 spiro atoms. The molecule has 1 aromatic carbocycles. The van der Waals surface area contributed by atoms with Gasteiger partial charge in [0.15, 0.2) is 0 Å². The van der Waals surface area contributed by atoms with Gasteiger partial charge in [0, 0.05) is 28.1 Å². The molecule has 0 fully saturated rings. The third-order valence-electron chi connectivity index (χ3n) is 1.71. The lowest BCUT2D eigenvalue weighted by Crippen LogP contribution is -1.87. The molecule has 0 radical (unpaired) electrons. The van der Waals surface area contributed by atoms with Crippen molar-refractivity contribution in [3.8, 4) is 5.75 Å². The van der Waals surface area contributed by atoms with Crippen LogP contribution in [-0.4, -0.2) is 23.2 Å². The van der Waals surface area contributed by atoms with E-state index in [2.05, 4.69) is 52.8 Å². The summed E-state index contributed by atoms with van der Waals surface area (Å²) in [6.45, 7) is 0.759. The van der Waals surface area contributed by atoms with Crippen molar-refractivity contribution in [3.05, 3.63) is 26.6 Å². The quantitative estimate of drug-likeness (QED) is 0.461. The van der Waals surface area contributed by atoms with Crippen LogP contribution in [0.3, 0.4) is 0 Å². The average Bonchev–Trinajstić information content (AvgIpc) is 2.19. The van der Waals surface area contributed by atoms with Crippen molar-refractivity contribution in [2.45, 2.75) is 6.42 Å². The van der Waals surface area contributed by atoms with E-state index < -0.39 is 0 Å². The standard InChI is InChI=1S/C10H10Br3NO/c11-2-1-3-14-6-7-4-8(12)5-9(13)10(7)15/h4-6,15H,1-3H2. The Balaban J connectivity index is 2.80. The van der Waals surface area contributed by atoms with Gasteiger partial charge in [-0.15, -0.1) is 0 Å². The SMILES string of the molecule is Oc1c(Br)cc(Br)cc1C=NCCCBr. The number of hydrogen-bond donors (Lipinski definition) is 1. The Bertz CT molecular complexity index is 366. The lowest BCUT2D eigenvalue weighted by molar-refractivity contribution is 0.471. The minimum absolute atomic E-state index is 0.223. The molecule has 0 atom stereocenters. The van der Waals surface area contributed by atoms with Crippen molar-refractivity contribution >= 4 is 54.0 Å². The fraction of sp³-hybridized carbons (Fsp3) is 0.300. The van der Waals surface area contributed by atoms with Crippen LogP contribution >= 0.6 is 47.8 Å². The van der Waals surface area contributed by atoms with Crippen molar-refractivity contribution in [2.75, 3.05) is 11.9 Å². The summed E-state index contributed by atoms with van der Waals surface area (Å²) in [6, 6.07) is 3.63. The van der Waals surface area contributed by atoms with Crippen LogP contribution in [0, 0.1) is 0 Å². The predicted molar refractivity (Wildman–Crippen MR) is 74.4 cm³/mol. The highest BCUT2D eigenvalue weighted by atomic mass is 79.9. The number of rotatable bonds is 4. The topological polar surface area (TPSA) is 32.6 Å².